The lowest BCUT2D eigenvalue weighted by Crippen LogP contribution is -2.38. The molecule has 0 radical (unpaired) electrons. The van der Waals surface area contributed by atoms with Crippen LogP contribution in [-0.4, -0.2) is 24.2 Å². The van der Waals surface area contributed by atoms with Crippen molar-refractivity contribution in [1.82, 2.24) is 4.72 Å². The smallest absolute Gasteiger partial charge is 0.328 e. The maximum Gasteiger partial charge on any atom is 0.328 e. The third kappa shape index (κ3) is 4.45. The van der Waals surface area contributed by atoms with E-state index < -0.39 is 20.7 Å². The molecule has 0 aliphatic carbocycles. The lowest BCUT2D eigenvalue weighted by molar-refractivity contribution is -0.131. The van der Waals surface area contributed by atoms with Gasteiger partial charge in [-0.1, -0.05) is 0 Å². The van der Waals surface area contributed by atoms with E-state index in [1.807, 2.05) is 0 Å². The Morgan fingerprint density at radius 2 is 2.11 bits per heavy atom. The van der Waals surface area contributed by atoms with E-state index >= 15 is 0 Å². The molecule has 7 heteroatoms. The van der Waals surface area contributed by atoms with Crippen LogP contribution >= 0.6 is 11.3 Å². The number of carboxylic acid groups (broad SMARTS) is 1. The second kappa shape index (κ2) is 5.85. The average Bonchev–Trinajstić information content (AvgIpc) is 2.69. The summed E-state index contributed by atoms with van der Waals surface area (Å²) >= 11 is 1.38. The molecule has 5 nitrogen and oxygen atoms in total. The molecule has 1 heterocycles. The van der Waals surface area contributed by atoms with E-state index in [2.05, 4.69) is 4.72 Å². The normalized spacial score (nSPS) is 13.0. The van der Waals surface area contributed by atoms with Crippen LogP contribution in [-0.2, 0) is 21.4 Å². The van der Waals surface area contributed by atoms with Crippen molar-refractivity contribution in [2.45, 2.75) is 32.1 Å². The summed E-state index contributed by atoms with van der Waals surface area (Å²) in [6, 6.07) is 1.75. The van der Waals surface area contributed by atoms with Gasteiger partial charge in [0.05, 0.1) is 4.75 Å². The fraction of sp³-hybridized carbons (Fsp3) is 0.417. The first-order valence-electron chi connectivity index (χ1n) is 5.60. The predicted molar refractivity (Wildman–Crippen MR) is 76.5 cm³/mol. The number of sulfonamides is 1. The summed E-state index contributed by atoms with van der Waals surface area (Å²) in [5, 5.41) is 10.4. The summed E-state index contributed by atoms with van der Waals surface area (Å²) in [6.07, 6.45) is 2.49. The number of hydrogen-bond donors (Lipinski definition) is 2. The highest BCUT2D eigenvalue weighted by atomic mass is 32.2. The lowest BCUT2D eigenvalue weighted by Gasteiger charge is -2.19. The Kier molecular flexibility index (Phi) is 4.89. The average molecular weight is 303 g/mol. The number of carboxylic acids is 1. The number of hydrogen-bond acceptors (Lipinski definition) is 4. The minimum atomic E-state index is -3.41. The zero-order chi connectivity index (χ0) is 14.7. The van der Waals surface area contributed by atoms with Crippen molar-refractivity contribution in [2.75, 3.05) is 0 Å². The fourth-order valence-electron chi connectivity index (χ4n) is 1.18. The topological polar surface area (TPSA) is 83.5 Å². The molecule has 0 saturated carbocycles. The van der Waals surface area contributed by atoms with Crippen LogP contribution in [0.3, 0.4) is 0 Å². The summed E-state index contributed by atoms with van der Waals surface area (Å²) in [5.41, 5.74) is 0.712. The van der Waals surface area contributed by atoms with Crippen molar-refractivity contribution in [3.63, 3.8) is 0 Å². The van der Waals surface area contributed by atoms with Crippen LogP contribution in [0.4, 0.5) is 0 Å². The largest absolute Gasteiger partial charge is 0.478 e. The van der Waals surface area contributed by atoms with Crippen LogP contribution in [0.15, 0.2) is 17.5 Å². The first-order chi connectivity index (χ1) is 8.63. The van der Waals surface area contributed by atoms with Crippen LogP contribution in [0.25, 0.3) is 6.08 Å². The Morgan fingerprint density at radius 3 is 2.63 bits per heavy atom. The van der Waals surface area contributed by atoms with Crippen molar-refractivity contribution in [3.05, 3.63) is 28.0 Å². The Bertz CT molecular complexity index is 579. The maximum atomic E-state index is 11.9. The fourth-order valence-corrected chi connectivity index (χ4v) is 2.85. The molecule has 0 unspecified atom stereocenters. The molecule has 1 aromatic rings. The molecule has 0 aliphatic rings. The minimum absolute atomic E-state index is 0.163. The monoisotopic (exact) mass is 303 g/mol. The standard InChI is InChI=1S/C12H17NO4S2/c1-12(2,3)19(16,17)13-8-10-9(6-7-18-10)4-5-11(14)15/h4-7,13H,8H2,1-3H3,(H,14,15). The van der Waals surface area contributed by atoms with Gasteiger partial charge in [-0.05, 0) is 43.9 Å². The van der Waals surface area contributed by atoms with Gasteiger partial charge in [-0.15, -0.1) is 11.3 Å². The van der Waals surface area contributed by atoms with Crippen molar-refractivity contribution in [3.8, 4) is 0 Å². The van der Waals surface area contributed by atoms with Crippen LogP contribution in [0.1, 0.15) is 31.2 Å². The maximum absolute atomic E-state index is 11.9. The minimum Gasteiger partial charge on any atom is -0.478 e. The van der Waals surface area contributed by atoms with Gasteiger partial charge < -0.3 is 5.11 Å². The van der Waals surface area contributed by atoms with Gasteiger partial charge in [0.15, 0.2) is 0 Å². The zero-order valence-corrected chi connectivity index (χ0v) is 12.6. The molecule has 2 N–H and O–H groups in total. The SMILES string of the molecule is CC(C)(C)S(=O)(=O)NCc1sccc1C=CC(=O)O. The van der Waals surface area contributed by atoms with Crippen LogP contribution in [0.5, 0.6) is 0 Å². The highest BCUT2D eigenvalue weighted by molar-refractivity contribution is 7.90. The second-order valence-corrected chi connectivity index (χ2v) is 8.43. The third-order valence-corrected chi connectivity index (χ3v) is 5.49. The van der Waals surface area contributed by atoms with E-state index in [1.54, 1.807) is 32.2 Å². The third-order valence-electron chi connectivity index (χ3n) is 2.41. The quantitative estimate of drug-likeness (QED) is 0.816. The zero-order valence-electron chi connectivity index (χ0n) is 11.0. The molecule has 0 spiro atoms. The van der Waals surface area contributed by atoms with E-state index in [1.165, 1.54) is 17.4 Å². The Morgan fingerprint density at radius 1 is 1.47 bits per heavy atom. The molecule has 0 amide bonds. The molecule has 0 saturated heterocycles. The molecule has 0 atom stereocenters. The van der Waals surface area contributed by atoms with Gasteiger partial charge in [-0.25, -0.2) is 17.9 Å². The lowest BCUT2D eigenvalue weighted by atomic mass is 10.2. The summed E-state index contributed by atoms with van der Waals surface area (Å²) in [5.74, 6) is -1.03. The van der Waals surface area contributed by atoms with E-state index in [9.17, 15) is 13.2 Å². The number of thiophene rings is 1. The Balaban J connectivity index is 2.81. The predicted octanol–water partition coefficient (Wildman–Crippen LogP) is 2.06. The first-order valence-corrected chi connectivity index (χ1v) is 7.96. The molecule has 0 aliphatic heterocycles. The summed E-state index contributed by atoms with van der Waals surface area (Å²) in [7, 11) is -3.41. The van der Waals surface area contributed by atoms with E-state index in [-0.39, 0.29) is 6.54 Å². The molecule has 0 aromatic carbocycles. The van der Waals surface area contributed by atoms with Crippen LogP contribution < -0.4 is 4.72 Å². The van der Waals surface area contributed by atoms with E-state index in [4.69, 9.17) is 5.11 Å². The molecular weight excluding hydrogens is 286 g/mol. The van der Waals surface area contributed by atoms with Gasteiger partial charge in [-0.3, -0.25) is 0 Å². The van der Waals surface area contributed by atoms with E-state index in [0.717, 1.165) is 11.0 Å². The highest BCUT2D eigenvalue weighted by Crippen LogP contribution is 2.20. The molecule has 0 fully saturated rings. The number of aliphatic carboxylic acids is 1. The van der Waals surface area contributed by atoms with Crippen molar-refractivity contribution >= 4 is 33.4 Å². The van der Waals surface area contributed by atoms with Crippen molar-refractivity contribution < 1.29 is 18.3 Å². The Hall–Kier alpha value is -1.18. The van der Waals surface area contributed by atoms with Gasteiger partial charge >= 0.3 is 5.97 Å². The number of rotatable bonds is 5. The molecule has 1 rings (SSSR count). The number of carbonyl (C=O) groups is 1. The van der Waals surface area contributed by atoms with Crippen LogP contribution in [0, 0.1) is 0 Å². The first kappa shape index (κ1) is 15.9. The van der Waals surface area contributed by atoms with Gasteiger partial charge in [0, 0.05) is 17.5 Å². The van der Waals surface area contributed by atoms with Gasteiger partial charge in [0.1, 0.15) is 0 Å². The summed E-state index contributed by atoms with van der Waals surface area (Å²) in [6.45, 7) is 5.02. The molecular formula is C12H17NO4S2. The highest BCUT2D eigenvalue weighted by Gasteiger charge is 2.28. The summed E-state index contributed by atoms with van der Waals surface area (Å²) < 4.78 is 25.5. The Labute approximate surface area is 117 Å². The van der Waals surface area contributed by atoms with Gasteiger partial charge in [0.2, 0.25) is 10.0 Å². The summed E-state index contributed by atoms with van der Waals surface area (Å²) in [4.78, 5) is 11.2. The molecule has 0 bridgehead atoms. The molecule has 1 aromatic heterocycles. The van der Waals surface area contributed by atoms with Crippen molar-refractivity contribution in [2.24, 2.45) is 0 Å². The van der Waals surface area contributed by atoms with Crippen molar-refractivity contribution in [1.29, 1.82) is 0 Å². The second-order valence-electron chi connectivity index (χ2n) is 4.91. The van der Waals surface area contributed by atoms with Gasteiger partial charge in [-0.2, -0.15) is 0 Å². The van der Waals surface area contributed by atoms with Crippen LogP contribution in [0.2, 0.25) is 0 Å². The van der Waals surface area contributed by atoms with Gasteiger partial charge in [0.25, 0.3) is 0 Å². The molecule has 106 valence electrons. The van der Waals surface area contributed by atoms with E-state index in [0.29, 0.717) is 5.56 Å². The number of nitrogens with one attached hydrogen (secondary N) is 1. The molecule has 19 heavy (non-hydrogen) atoms.